The highest BCUT2D eigenvalue weighted by Gasteiger charge is 2.32. The summed E-state index contributed by atoms with van der Waals surface area (Å²) >= 11 is 0. The molecule has 0 aromatic heterocycles. The van der Waals surface area contributed by atoms with Gasteiger partial charge in [-0.25, -0.2) is 0 Å². The van der Waals surface area contributed by atoms with Crippen LogP contribution in [0, 0.1) is 0 Å². The molecule has 1 heterocycles. The first-order valence-corrected chi connectivity index (χ1v) is 10.2. The molecule has 8 heteroatoms. The van der Waals surface area contributed by atoms with Gasteiger partial charge in [0.15, 0.2) is 5.76 Å². The SMILES string of the molecule is COCCN(CCOC)Cc1c(O)ccc2c1O/C(=C\c1cc(OC)ccc1OC)C2=O. The van der Waals surface area contributed by atoms with Crippen molar-refractivity contribution in [2.24, 2.45) is 0 Å². The summed E-state index contributed by atoms with van der Waals surface area (Å²) in [5, 5.41) is 10.6. The number of hydrogen-bond acceptors (Lipinski definition) is 8. The Hall–Kier alpha value is -3.07. The summed E-state index contributed by atoms with van der Waals surface area (Å²) in [7, 11) is 6.40. The first-order valence-electron chi connectivity index (χ1n) is 10.2. The van der Waals surface area contributed by atoms with E-state index in [1.165, 1.54) is 6.07 Å². The molecule has 0 unspecified atom stereocenters. The van der Waals surface area contributed by atoms with Gasteiger partial charge in [-0.1, -0.05) is 0 Å². The Balaban J connectivity index is 1.94. The maximum atomic E-state index is 13.0. The topological polar surface area (TPSA) is 86.7 Å². The summed E-state index contributed by atoms with van der Waals surface area (Å²) in [4.78, 5) is 15.1. The zero-order valence-corrected chi connectivity index (χ0v) is 18.8. The zero-order chi connectivity index (χ0) is 23.1. The van der Waals surface area contributed by atoms with E-state index in [2.05, 4.69) is 4.90 Å². The number of phenols is 1. The van der Waals surface area contributed by atoms with Gasteiger partial charge in [-0.05, 0) is 36.4 Å². The van der Waals surface area contributed by atoms with Crippen LogP contribution in [0.4, 0.5) is 0 Å². The smallest absolute Gasteiger partial charge is 0.231 e. The Morgan fingerprint density at radius 2 is 1.72 bits per heavy atom. The quantitative estimate of drug-likeness (QED) is 0.530. The lowest BCUT2D eigenvalue weighted by Crippen LogP contribution is -2.30. The summed E-state index contributed by atoms with van der Waals surface area (Å²) in [5.41, 5.74) is 1.60. The van der Waals surface area contributed by atoms with Crippen LogP contribution >= 0.6 is 0 Å². The number of aromatic hydroxyl groups is 1. The number of rotatable bonds is 11. The van der Waals surface area contributed by atoms with E-state index in [9.17, 15) is 9.90 Å². The molecule has 3 rings (SSSR count). The standard InChI is InChI=1S/C24H29NO7/c1-28-11-9-25(10-12-29-2)15-19-20(26)7-6-18-23(27)22(32-24(18)19)14-16-13-17(30-3)5-8-21(16)31-4/h5-8,13-14,26H,9-12,15H2,1-4H3/b22-14-. The highest BCUT2D eigenvalue weighted by atomic mass is 16.5. The minimum Gasteiger partial charge on any atom is -0.507 e. The Labute approximate surface area is 187 Å². The molecule has 0 spiro atoms. The molecule has 1 aliphatic heterocycles. The third-order valence-corrected chi connectivity index (χ3v) is 5.24. The van der Waals surface area contributed by atoms with Crippen molar-refractivity contribution in [3.05, 3.63) is 52.8 Å². The average molecular weight is 443 g/mol. The molecule has 0 aliphatic carbocycles. The predicted molar refractivity (Wildman–Crippen MR) is 120 cm³/mol. The van der Waals surface area contributed by atoms with Gasteiger partial charge in [-0.3, -0.25) is 9.69 Å². The lowest BCUT2D eigenvalue weighted by atomic mass is 10.0. The number of carbonyl (C=O) groups is 1. The molecule has 8 nitrogen and oxygen atoms in total. The van der Waals surface area contributed by atoms with Crippen molar-refractivity contribution in [1.82, 2.24) is 4.90 Å². The average Bonchev–Trinajstić information content (AvgIpc) is 3.12. The molecule has 1 N–H and O–H groups in total. The van der Waals surface area contributed by atoms with Crippen LogP contribution in [0.3, 0.4) is 0 Å². The summed E-state index contributed by atoms with van der Waals surface area (Å²) in [6, 6.07) is 8.40. The van der Waals surface area contributed by atoms with E-state index < -0.39 is 0 Å². The van der Waals surface area contributed by atoms with Gasteiger partial charge in [0, 0.05) is 39.4 Å². The van der Waals surface area contributed by atoms with E-state index in [4.69, 9.17) is 23.7 Å². The summed E-state index contributed by atoms with van der Waals surface area (Å²) in [5.74, 6) is 1.54. The van der Waals surface area contributed by atoms with E-state index in [1.807, 2.05) is 0 Å². The highest BCUT2D eigenvalue weighted by Crippen LogP contribution is 2.40. The molecule has 0 saturated carbocycles. The minimum atomic E-state index is -0.258. The molecule has 0 fully saturated rings. The number of ketones is 1. The lowest BCUT2D eigenvalue weighted by Gasteiger charge is -2.23. The highest BCUT2D eigenvalue weighted by molar-refractivity contribution is 6.15. The molecular weight excluding hydrogens is 414 g/mol. The van der Waals surface area contributed by atoms with Crippen molar-refractivity contribution >= 4 is 11.9 Å². The number of fused-ring (bicyclic) bond motifs is 1. The third-order valence-electron chi connectivity index (χ3n) is 5.24. The Morgan fingerprint density at radius 1 is 1.00 bits per heavy atom. The van der Waals surface area contributed by atoms with Crippen LogP contribution < -0.4 is 14.2 Å². The molecule has 2 aromatic rings. The minimum absolute atomic E-state index is 0.0663. The Morgan fingerprint density at radius 3 is 2.34 bits per heavy atom. The molecule has 0 amide bonds. The van der Waals surface area contributed by atoms with Gasteiger partial charge in [-0.2, -0.15) is 0 Å². The van der Waals surface area contributed by atoms with Crippen molar-refractivity contribution in [3.63, 3.8) is 0 Å². The number of methoxy groups -OCH3 is 4. The number of carbonyl (C=O) groups excluding carboxylic acids is 1. The molecule has 0 bridgehead atoms. The molecule has 0 atom stereocenters. The van der Waals surface area contributed by atoms with Gasteiger partial charge in [0.05, 0.1) is 38.6 Å². The third kappa shape index (κ3) is 5.21. The van der Waals surface area contributed by atoms with E-state index >= 15 is 0 Å². The van der Waals surface area contributed by atoms with Gasteiger partial charge < -0.3 is 28.8 Å². The largest absolute Gasteiger partial charge is 0.507 e. The summed E-state index contributed by atoms with van der Waals surface area (Å²) in [6.07, 6.45) is 1.62. The van der Waals surface area contributed by atoms with E-state index in [0.29, 0.717) is 66.8 Å². The van der Waals surface area contributed by atoms with E-state index in [-0.39, 0.29) is 17.3 Å². The van der Waals surface area contributed by atoms with E-state index in [0.717, 1.165) is 0 Å². The number of ether oxygens (including phenoxy) is 5. The van der Waals surface area contributed by atoms with Gasteiger partial charge in [0.2, 0.25) is 5.78 Å². The van der Waals surface area contributed by atoms with E-state index in [1.54, 1.807) is 58.8 Å². The van der Waals surface area contributed by atoms with Gasteiger partial charge in [-0.15, -0.1) is 0 Å². The number of Topliss-reactive ketones (excluding diaryl/α,β-unsaturated/α-hetero) is 1. The van der Waals surface area contributed by atoms with Crippen LogP contribution in [-0.2, 0) is 16.0 Å². The van der Waals surface area contributed by atoms with Crippen LogP contribution in [0.1, 0.15) is 21.5 Å². The molecule has 172 valence electrons. The second-order valence-corrected chi connectivity index (χ2v) is 7.25. The molecule has 0 radical (unpaired) electrons. The number of nitrogens with zero attached hydrogens (tertiary/aromatic N) is 1. The second-order valence-electron chi connectivity index (χ2n) is 7.25. The lowest BCUT2D eigenvalue weighted by molar-refractivity contribution is 0.101. The van der Waals surface area contributed by atoms with Gasteiger partial charge >= 0.3 is 0 Å². The molecule has 0 saturated heterocycles. The number of phenolic OH excluding ortho intramolecular Hbond substituents is 1. The van der Waals surface area contributed by atoms with Crippen molar-refractivity contribution < 1.29 is 33.6 Å². The zero-order valence-electron chi connectivity index (χ0n) is 18.8. The van der Waals surface area contributed by atoms with Crippen LogP contribution in [0.5, 0.6) is 23.0 Å². The fraction of sp³-hybridized carbons (Fsp3) is 0.375. The molecule has 32 heavy (non-hydrogen) atoms. The Bertz CT molecular complexity index is 979. The van der Waals surface area contributed by atoms with Crippen molar-refractivity contribution in [2.45, 2.75) is 6.54 Å². The van der Waals surface area contributed by atoms with Crippen LogP contribution in [0.15, 0.2) is 36.1 Å². The fourth-order valence-electron chi connectivity index (χ4n) is 3.48. The molecule has 2 aromatic carbocycles. The van der Waals surface area contributed by atoms with Gasteiger partial charge in [0.25, 0.3) is 0 Å². The van der Waals surface area contributed by atoms with Crippen molar-refractivity contribution in [2.75, 3.05) is 54.7 Å². The number of benzene rings is 2. The summed E-state index contributed by atoms with van der Waals surface area (Å²) in [6.45, 7) is 2.71. The van der Waals surface area contributed by atoms with Crippen molar-refractivity contribution in [3.8, 4) is 23.0 Å². The van der Waals surface area contributed by atoms with Gasteiger partial charge in [0.1, 0.15) is 23.0 Å². The first-order chi connectivity index (χ1) is 15.5. The van der Waals surface area contributed by atoms with Crippen LogP contribution in [0.2, 0.25) is 0 Å². The summed E-state index contributed by atoms with van der Waals surface area (Å²) < 4.78 is 27.1. The van der Waals surface area contributed by atoms with Crippen molar-refractivity contribution in [1.29, 1.82) is 0 Å². The maximum Gasteiger partial charge on any atom is 0.231 e. The van der Waals surface area contributed by atoms with Crippen LogP contribution in [0.25, 0.3) is 6.08 Å². The Kier molecular flexibility index (Phi) is 8.10. The normalized spacial score (nSPS) is 14.0. The number of hydrogen-bond donors (Lipinski definition) is 1. The molecular formula is C24H29NO7. The molecule has 1 aliphatic rings. The van der Waals surface area contributed by atoms with Crippen LogP contribution in [-0.4, -0.2) is 70.5 Å². The number of allylic oxidation sites excluding steroid dienone is 1. The predicted octanol–water partition coefficient (Wildman–Crippen LogP) is 3.12. The first kappa shape index (κ1) is 23.6. The monoisotopic (exact) mass is 443 g/mol. The maximum absolute atomic E-state index is 13.0. The fourth-order valence-corrected chi connectivity index (χ4v) is 3.48. The second kappa shape index (κ2) is 11.0.